The fourth-order valence-electron chi connectivity index (χ4n) is 4.88. The van der Waals surface area contributed by atoms with Gasteiger partial charge in [0, 0.05) is 25.2 Å². The van der Waals surface area contributed by atoms with Gasteiger partial charge in [0.05, 0.1) is 35.2 Å². The zero-order valence-electron chi connectivity index (χ0n) is 20.1. The van der Waals surface area contributed by atoms with Crippen molar-refractivity contribution in [3.63, 3.8) is 0 Å². The molecule has 0 radical (unpaired) electrons. The Morgan fingerprint density at radius 1 is 1.33 bits per heavy atom. The predicted molar refractivity (Wildman–Crippen MR) is 134 cm³/mol. The first-order valence-corrected chi connectivity index (χ1v) is 12.2. The first-order valence-electron chi connectivity index (χ1n) is 11.7. The van der Waals surface area contributed by atoms with Gasteiger partial charge in [-0.3, -0.25) is 4.79 Å². The minimum Gasteiger partial charge on any atom is -0.493 e. The second kappa shape index (κ2) is 9.22. The molecule has 8 heteroatoms. The van der Waals surface area contributed by atoms with Gasteiger partial charge >= 0.3 is 0 Å². The average molecular weight is 476 g/mol. The topological polar surface area (TPSA) is 69.7 Å². The number of nitrogens with zero attached hydrogens (tertiary/aromatic N) is 2. The Labute approximate surface area is 199 Å². The van der Waals surface area contributed by atoms with Gasteiger partial charge in [0.15, 0.2) is 11.6 Å². The SMILES string of the molecule is CCOC(=C1CC1)c1c(S)n(C(C)C)c2c(OC)c(N3CCC(C(C)N)C3)c(F)cc2c1=O. The third-order valence-electron chi connectivity index (χ3n) is 6.69. The Balaban J connectivity index is 2.03. The average Bonchev–Trinajstić information content (AvgIpc) is 3.48. The smallest absolute Gasteiger partial charge is 0.201 e. The molecule has 0 amide bonds. The zero-order chi connectivity index (χ0) is 24.0. The summed E-state index contributed by atoms with van der Waals surface area (Å²) in [5, 5.41) is 0.784. The largest absolute Gasteiger partial charge is 0.493 e. The van der Waals surface area contributed by atoms with Crippen molar-refractivity contribution in [3.8, 4) is 5.75 Å². The molecule has 2 atom stereocenters. The molecular formula is C25H34FN3O3S. The van der Waals surface area contributed by atoms with Gasteiger partial charge in [-0.2, -0.15) is 0 Å². The lowest BCUT2D eigenvalue weighted by molar-refractivity contribution is 0.295. The molecule has 4 rings (SSSR count). The van der Waals surface area contributed by atoms with Gasteiger partial charge in [-0.25, -0.2) is 4.39 Å². The van der Waals surface area contributed by atoms with Crippen LogP contribution in [0.25, 0.3) is 16.7 Å². The van der Waals surface area contributed by atoms with Crippen LogP contribution in [0.3, 0.4) is 0 Å². The van der Waals surface area contributed by atoms with Gasteiger partial charge in [0.2, 0.25) is 5.43 Å². The fraction of sp³-hybridized carbons (Fsp3) is 0.560. The van der Waals surface area contributed by atoms with Crippen molar-refractivity contribution in [2.45, 2.75) is 64.1 Å². The summed E-state index contributed by atoms with van der Waals surface area (Å²) >= 11 is 4.82. The molecule has 2 unspecified atom stereocenters. The van der Waals surface area contributed by atoms with E-state index < -0.39 is 5.82 Å². The highest BCUT2D eigenvalue weighted by Crippen LogP contribution is 2.44. The molecule has 2 N–H and O–H groups in total. The van der Waals surface area contributed by atoms with Crippen LogP contribution < -0.4 is 20.8 Å². The van der Waals surface area contributed by atoms with E-state index in [-0.39, 0.29) is 28.8 Å². The van der Waals surface area contributed by atoms with E-state index >= 15 is 4.39 Å². The van der Waals surface area contributed by atoms with Crippen molar-refractivity contribution in [1.29, 1.82) is 0 Å². The highest BCUT2D eigenvalue weighted by atomic mass is 32.1. The number of rotatable bonds is 7. The van der Waals surface area contributed by atoms with Gasteiger partial charge in [0.1, 0.15) is 11.4 Å². The van der Waals surface area contributed by atoms with E-state index in [9.17, 15) is 4.79 Å². The van der Waals surface area contributed by atoms with Crippen molar-refractivity contribution in [3.05, 3.63) is 33.2 Å². The molecule has 6 nitrogen and oxygen atoms in total. The highest BCUT2D eigenvalue weighted by Gasteiger charge is 2.33. The molecule has 1 saturated heterocycles. The number of ether oxygens (including phenoxy) is 2. The summed E-state index contributed by atoms with van der Waals surface area (Å²) < 4.78 is 29.3. The molecule has 2 heterocycles. The van der Waals surface area contributed by atoms with E-state index in [2.05, 4.69) is 0 Å². The molecule has 33 heavy (non-hydrogen) atoms. The summed E-state index contributed by atoms with van der Waals surface area (Å²) in [4.78, 5) is 15.7. The van der Waals surface area contributed by atoms with Crippen LogP contribution in [0.4, 0.5) is 10.1 Å². The number of aromatic nitrogens is 1. The van der Waals surface area contributed by atoms with Crippen molar-refractivity contribution < 1.29 is 13.9 Å². The third kappa shape index (κ3) is 4.12. The second-order valence-corrected chi connectivity index (χ2v) is 9.77. The minimum absolute atomic E-state index is 0.0254. The standard InChI is InChI=1S/C25H34FN3O3S/c1-6-32-23(15-7-8-15)19-22(30)17-11-18(26)21(28-10-9-16(12-28)14(4)27)24(31-5)20(17)29(13(2)3)25(19)33/h11,13-14,16,33H,6-10,12,27H2,1-5H3. The van der Waals surface area contributed by atoms with Crippen molar-refractivity contribution in [2.24, 2.45) is 11.7 Å². The Morgan fingerprint density at radius 2 is 2.03 bits per heavy atom. The molecule has 1 aliphatic carbocycles. The Hall–Kier alpha value is -2.19. The number of anilines is 1. The van der Waals surface area contributed by atoms with E-state index in [1.54, 1.807) is 0 Å². The van der Waals surface area contributed by atoms with Crippen LogP contribution in [0.1, 0.15) is 58.6 Å². The molecule has 2 aromatic rings. The Bertz CT molecular complexity index is 1170. The van der Waals surface area contributed by atoms with E-state index in [1.165, 1.54) is 13.2 Å². The van der Waals surface area contributed by atoms with Gasteiger partial charge in [-0.1, -0.05) is 0 Å². The molecule has 1 aromatic heterocycles. The van der Waals surface area contributed by atoms with Crippen LogP contribution in [-0.2, 0) is 4.74 Å². The number of halogens is 1. The van der Waals surface area contributed by atoms with E-state index in [0.29, 0.717) is 53.0 Å². The van der Waals surface area contributed by atoms with Crippen LogP contribution in [0, 0.1) is 11.7 Å². The van der Waals surface area contributed by atoms with Crippen LogP contribution in [-0.4, -0.2) is 37.4 Å². The van der Waals surface area contributed by atoms with Crippen LogP contribution in [0.5, 0.6) is 5.75 Å². The highest BCUT2D eigenvalue weighted by molar-refractivity contribution is 7.80. The number of thiol groups is 1. The molecule has 1 aliphatic heterocycles. The number of methoxy groups -OCH3 is 1. The first kappa shape index (κ1) is 24.0. The molecular weight excluding hydrogens is 441 g/mol. The van der Waals surface area contributed by atoms with E-state index in [0.717, 1.165) is 24.8 Å². The number of hydrogen-bond donors (Lipinski definition) is 2. The number of fused-ring (bicyclic) bond motifs is 1. The molecule has 1 aromatic carbocycles. The summed E-state index contributed by atoms with van der Waals surface area (Å²) in [6.45, 7) is 9.68. The van der Waals surface area contributed by atoms with Crippen molar-refractivity contribution in [1.82, 2.24) is 4.57 Å². The summed E-state index contributed by atoms with van der Waals surface area (Å²) in [6.07, 6.45) is 2.68. The normalized spacial score (nSPS) is 18.9. The third-order valence-corrected chi connectivity index (χ3v) is 7.13. The predicted octanol–water partition coefficient (Wildman–Crippen LogP) is 4.73. The lowest BCUT2D eigenvalue weighted by Crippen LogP contribution is -2.30. The molecule has 0 bridgehead atoms. The maximum Gasteiger partial charge on any atom is 0.201 e. The lowest BCUT2D eigenvalue weighted by Gasteiger charge is -2.27. The monoisotopic (exact) mass is 475 g/mol. The molecule has 1 saturated carbocycles. The lowest BCUT2D eigenvalue weighted by atomic mass is 10.0. The number of hydrogen-bond acceptors (Lipinski definition) is 6. The van der Waals surface area contributed by atoms with Crippen molar-refractivity contribution in [2.75, 3.05) is 31.7 Å². The first-order chi connectivity index (χ1) is 15.7. The second-order valence-electron chi connectivity index (χ2n) is 9.35. The zero-order valence-corrected chi connectivity index (χ0v) is 21.0. The van der Waals surface area contributed by atoms with Gasteiger partial charge < -0.3 is 24.7 Å². The van der Waals surface area contributed by atoms with Gasteiger partial charge in [-0.05, 0) is 64.5 Å². The molecule has 180 valence electrons. The number of pyridine rings is 1. The molecule has 0 spiro atoms. The Morgan fingerprint density at radius 3 is 2.55 bits per heavy atom. The van der Waals surface area contributed by atoms with Crippen molar-refractivity contribution >= 4 is 35.0 Å². The van der Waals surface area contributed by atoms with E-state index in [1.807, 2.05) is 37.2 Å². The summed E-state index contributed by atoms with van der Waals surface area (Å²) in [5.41, 5.74) is 8.28. The summed E-state index contributed by atoms with van der Waals surface area (Å²) in [7, 11) is 1.52. The van der Waals surface area contributed by atoms with Gasteiger partial charge in [-0.15, -0.1) is 12.6 Å². The fourth-order valence-corrected chi connectivity index (χ4v) is 5.42. The van der Waals surface area contributed by atoms with E-state index in [4.69, 9.17) is 27.8 Å². The Kier molecular flexibility index (Phi) is 6.69. The quantitative estimate of drug-likeness (QED) is 0.447. The van der Waals surface area contributed by atoms with Crippen LogP contribution in [0.2, 0.25) is 0 Å². The summed E-state index contributed by atoms with van der Waals surface area (Å²) in [5.74, 6) is 0.761. The molecule has 2 aliphatic rings. The van der Waals surface area contributed by atoms with Crippen LogP contribution >= 0.6 is 12.6 Å². The number of benzene rings is 1. The maximum absolute atomic E-state index is 15.6. The molecule has 2 fully saturated rings. The van der Waals surface area contributed by atoms with Gasteiger partial charge in [0.25, 0.3) is 0 Å². The number of nitrogens with two attached hydrogens (primary N) is 1. The number of allylic oxidation sites excluding steroid dienone is 1. The summed E-state index contributed by atoms with van der Waals surface area (Å²) in [6, 6.07) is 1.33. The maximum atomic E-state index is 15.6. The van der Waals surface area contributed by atoms with Crippen LogP contribution in [0.15, 0.2) is 21.5 Å². The minimum atomic E-state index is -0.466.